The van der Waals surface area contributed by atoms with Crippen molar-refractivity contribution in [3.63, 3.8) is 0 Å². The maximum absolute atomic E-state index is 13.3. The fraction of sp³-hybridized carbons (Fsp3) is 0.269. The van der Waals surface area contributed by atoms with E-state index in [0.29, 0.717) is 0 Å². The summed E-state index contributed by atoms with van der Waals surface area (Å²) >= 11 is 0. The molecular formula is C26H28ClFN6O. The van der Waals surface area contributed by atoms with Crippen LogP contribution in [0.1, 0.15) is 11.3 Å². The van der Waals surface area contributed by atoms with E-state index in [0.717, 1.165) is 66.9 Å². The van der Waals surface area contributed by atoms with Crippen molar-refractivity contribution in [3.05, 3.63) is 84.2 Å². The smallest absolute Gasteiger partial charge is 0.155 e. The molecule has 7 nitrogen and oxygen atoms in total. The van der Waals surface area contributed by atoms with Crippen LogP contribution in [-0.4, -0.2) is 57.9 Å². The van der Waals surface area contributed by atoms with Crippen LogP contribution >= 0.6 is 12.4 Å². The van der Waals surface area contributed by atoms with E-state index >= 15 is 0 Å². The quantitative estimate of drug-likeness (QED) is 0.392. The highest BCUT2D eigenvalue weighted by Gasteiger charge is 2.22. The second-order valence-electron chi connectivity index (χ2n) is 8.36. The van der Waals surface area contributed by atoms with Gasteiger partial charge in [-0.15, -0.1) is 12.4 Å². The summed E-state index contributed by atoms with van der Waals surface area (Å²) in [6.07, 6.45) is 5.40. The van der Waals surface area contributed by atoms with Crippen LogP contribution in [-0.2, 0) is 6.54 Å². The third-order valence-electron chi connectivity index (χ3n) is 6.29. The number of benzene rings is 2. The van der Waals surface area contributed by atoms with Gasteiger partial charge in [0.05, 0.1) is 19.0 Å². The summed E-state index contributed by atoms with van der Waals surface area (Å²) in [6, 6.07) is 14.3. The zero-order chi connectivity index (χ0) is 23.5. The molecule has 35 heavy (non-hydrogen) atoms. The molecule has 0 amide bonds. The first-order valence-electron chi connectivity index (χ1n) is 11.3. The van der Waals surface area contributed by atoms with Gasteiger partial charge in [-0.2, -0.15) is 5.10 Å². The Kier molecular flexibility index (Phi) is 7.63. The normalized spacial score (nSPS) is 14.0. The van der Waals surface area contributed by atoms with Crippen molar-refractivity contribution in [3.8, 4) is 22.7 Å². The molecule has 2 aromatic heterocycles. The van der Waals surface area contributed by atoms with E-state index in [-0.39, 0.29) is 18.2 Å². The molecule has 0 bridgehead atoms. The van der Waals surface area contributed by atoms with E-state index in [2.05, 4.69) is 31.8 Å². The predicted molar refractivity (Wildman–Crippen MR) is 137 cm³/mol. The number of anilines is 1. The average Bonchev–Trinajstić information content (AvgIpc) is 3.25. The molecule has 0 unspecified atom stereocenters. The van der Waals surface area contributed by atoms with Gasteiger partial charge in [0.2, 0.25) is 0 Å². The SMILES string of the molecule is COc1ccc(-c2nccnc2N2CCN(Cc3cnn(-c4ccc(F)cc4)c3C)CC2)cc1.Cl. The molecule has 182 valence electrons. The Hall–Kier alpha value is -3.49. The van der Waals surface area contributed by atoms with Crippen molar-refractivity contribution in [1.82, 2.24) is 24.6 Å². The van der Waals surface area contributed by atoms with Gasteiger partial charge in [-0.25, -0.2) is 14.1 Å². The number of rotatable bonds is 6. The Balaban J connectivity index is 0.00000289. The minimum Gasteiger partial charge on any atom is -0.497 e. The second kappa shape index (κ2) is 10.8. The molecule has 5 rings (SSSR count). The molecule has 0 atom stereocenters. The highest BCUT2D eigenvalue weighted by atomic mass is 35.5. The summed E-state index contributed by atoms with van der Waals surface area (Å²) in [7, 11) is 1.66. The summed E-state index contributed by atoms with van der Waals surface area (Å²) < 4.78 is 20.4. The maximum Gasteiger partial charge on any atom is 0.155 e. The minimum atomic E-state index is -0.245. The van der Waals surface area contributed by atoms with Crippen LogP contribution in [0.15, 0.2) is 67.1 Å². The van der Waals surface area contributed by atoms with Crippen LogP contribution in [0.2, 0.25) is 0 Å². The summed E-state index contributed by atoms with van der Waals surface area (Å²) in [6.45, 7) is 6.45. The topological polar surface area (TPSA) is 59.3 Å². The van der Waals surface area contributed by atoms with E-state index in [9.17, 15) is 4.39 Å². The number of ether oxygens (including phenoxy) is 1. The van der Waals surface area contributed by atoms with Crippen molar-refractivity contribution in [2.75, 3.05) is 38.2 Å². The number of hydrogen-bond donors (Lipinski definition) is 0. The van der Waals surface area contributed by atoms with Gasteiger partial charge < -0.3 is 9.64 Å². The zero-order valence-corrected chi connectivity index (χ0v) is 20.6. The van der Waals surface area contributed by atoms with Gasteiger partial charge in [0.15, 0.2) is 5.82 Å². The first kappa shape index (κ1) is 24.6. The van der Waals surface area contributed by atoms with Crippen LogP contribution in [0.4, 0.5) is 10.2 Å². The fourth-order valence-corrected chi connectivity index (χ4v) is 4.31. The maximum atomic E-state index is 13.3. The van der Waals surface area contributed by atoms with Crippen molar-refractivity contribution in [2.45, 2.75) is 13.5 Å². The van der Waals surface area contributed by atoms with Gasteiger partial charge in [-0.1, -0.05) is 0 Å². The highest BCUT2D eigenvalue weighted by Crippen LogP contribution is 2.29. The molecule has 0 spiro atoms. The third-order valence-corrected chi connectivity index (χ3v) is 6.29. The standard InChI is InChI=1S/C26H27FN6O.ClH/c1-19-21(17-30-33(19)23-7-5-22(27)6-8-23)18-31-13-15-32(16-14-31)26-25(28-11-12-29-26)20-3-9-24(34-2)10-4-20;/h3-12,17H,13-16,18H2,1-2H3;1H. The molecule has 3 heterocycles. The van der Waals surface area contributed by atoms with Crippen molar-refractivity contribution >= 4 is 18.2 Å². The number of aromatic nitrogens is 4. The van der Waals surface area contributed by atoms with Gasteiger partial charge in [0, 0.05) is 61.9 Å². The number of halogens is 2. The lowest BCUT2D eigenvalue weighted by Crippen LogP contribution is -2.46. The highest BCUT2D eigenvalue weighted by molar-refractivity contribution is 5.85. The van der Waals surface area contributed by atoms with E-state index in [4.69, 9.17) is 4.74 Å². The summed E-state index contributed by atoms with van der Waals surface area (Å²) in [5, 5.41) is 4.53. The second-order valence-corrected chi connectivity index (χ2v) is 8.36. The number of methoxy groups -OCH3 is 1. The first-order chi connectivity index (χ1) is 16.6. The number of nitrogens with zero attached hydrogens (tertiary/aromatic N) is 6. The van der Waals surface area contributed by atoms with Crippen molar-refractivity contribution in [2.24, 2.45) is 0 Å². The Morgan fingerprint density at radius 2 is 1.60 bits per heavy atom. The first-order valence-corrected chi connectivity index (χ1v) is 11.3. The van der Waals surface area contributed by atoms with Gasteiger partial charge in [-0.3, -0.25) is 9.88 Å². The predicted octanol–water partition coefficient (Wildman–Crippen LogP) is 4.53. The average molecular weight is 495 g/mol. The van der Waals surface area contributed by atoms with Crippen molar-refractivity contribution < 1.29 is 9.13 Å². The Morgan fingerprint density at radius 3 is 2.29 bits per heavy atom. The molecule has 0 N–H and O–H groups in total. The molecule has 1 fully saturated rings. The van der Waals surface area contributed by atoms with Crippen LogP contribution < -0.4 is 9.64 Å². The largest absolute Gasteiger partial charge is 0.497 e. The molecule has 2 aromatic carbocycles. The number of hydrogen-bond acceptors (Lipinski definition) is 6. The van der Waals surface area contributed by atoms with Crippen LogP contribution in [0.3, 0.4) is 0 Å². The monoisotopic (exact) mass is 494 g/mol. The molecule has 1 saturated heterocycles. The van der Waals surface area contributed by atoms with Crippen LogP contribution in [0, 0.1) is 12.7 Å². The summed E-state index contributed by atoms with van der Waals surface area (Å²) in [5.41, 5.74) is 5.02. The summed E-state index contributed by atoms with van der Waals surface area (Å²) in [4.78, 5) is 14.0. The van der Waals surface area contributed by atoms with Crippen LogP contribution in [0.25, 0.3) is 16.9 Å². The molecule has 1 aliphatic heterocycles. The molecule has 0 saturated carbocycles. The Bertz CT molecular complexity index is 1250. The fourth-order valence-electron chi connectivity index (χ4n) is 4.31. The molecule has 1 aliphatic rings. The van der Waals surface area contributed by atoms with E-state index < -0.39 is 0 Å². The Morgan fingerprint density at radius 1 is 0.914 bits per heavy atom. The lowest BCUT2D eigenvalue weighted by Gasteiger charge is -2.35. The zero-order valence-electron chi connectivity index (χ0n) is 19.8. The van der Waals surface area contributed by atoms with Gasteiger partial charge in [0.25, 0.3) is 0 Å². The van der Waals surface area contributed by atoms with E-state index in [1.54, 1.807) is 31.6 Å². The number of piperazine rings is 1. The lowest BCUT2D eigenvalue weighted by molar-refractivity contribution is 0.249. The van der Waals surface area contributed by atoms with Gasteiger partial charge in [0.1, 0.15) is 17.3 Å². The van der Waals surface area contributed by atoms with E-state index in [1.165, 1.54) is 17.7 Å². The van der Waals surface area contributed by atoms with Crippen molar-refractivity contribution in [1.29, 1.82) is 0 Å². The van der Waals surface area contributed by atoms with E-state index in [1.807, 2.05) is 35.1 Å². The lowest BCUT2D eigenvalue weighted by atomic mass is 10.1. The molecule has 0 aliphatic carbocycles. The molecule has 9 heteroatoms. The van der Waals surface area contributed by atoms with Gasteiger partial charge in [-0.05, 0) is 55.5 Å². The minimum absolute atomic E-state index is 0. The summed E-state index contributed by atoms with van der Waals surface area (Å²) in [5.74, 6) is 1.48. The third kappa shape index (κ3) is 5.28. The Labute approximate surface area is 210 Å². The van der Waals surface area contributed by atoms with Crippen LogP contribution in [0.5, 0.6) is 5.75 Å². The molecule has 0 radical (unpaired) electrons. The molecule has 4 aromatic rings. The van der Waals surface area contributed by atoms with Gasteiger partial charge >= 0.3 is 0 Å². The molecular weight excluding hydrogens is 467 g/mol.